The Labute approximate surface area is 213 Å². The fourth-order valence-corrected chi connectivity index (χ4v) is 5.07. The zero-order valence-electron chi connectivity index (χ0n) is 20.2. The smallest absolute Gasteiger partial charge is 0.335 e. The molecule has 0 saturated carbocycles. The van der Waals surface area contributed by atoms with Gasteiger partial charge in [-0.3, -0.25) is 9.19 Å². The van der Waals surface area contributed by atoms with Crippen molar-refractivity contribution < 1.29 is 48.4 Å². The number of pyridine rings is 1. The molecular weight excluding hydrogens is 510 g/mol. The summed E-state index contributed by atoms with van der Waals surface area (Å²) < 4.78 is 34.4. The average Bonchev–Trinajstić information content (AvgIpc) is 3.31. The van der Waals surface area contributed by atoms with Crippen LogP contribution in [-0.4, -0.2) is 90.5 Å². The first kappa shape index (κ1) is 26.9. The minimum Gasteiger partial charge on any atom is -0.497 e. The molecule has 200 valence electrons. The molecule has 1 aromatic carbocycles. The molecule has 6 atom stereocenters. The maximum absolute atomic E-state index is 13.0. The lowest BCUT2D eigenvalue weighted by Crippen LogP contribution is -2.60. The predicted molar refractivity (Wildman–Crippen MR) is 127 cm³/mol. The number of hydrogen-bond donors (Lipinski definition) is 5. The van der Waals surface area contributed by atoms with Gasteiger partial charge in [0.15, 0.2) is 17.6 Å². The second-order valence-corrected chi connectivity index (χ2v) is 9.72. The van der Waals surface area contributed by atoms with Gasteiger partial charge in [-0.25, -0.2) is 9.78 Å². The fourth-order valence-electron chi connectivity index (χ4n) is 3.97. The first-order valence-electron chi connectivity index (χ1n) is 11.1. The second kappa shape index (κ2) is 11.1. The molecule has 0 aliphatic carbocycles. The Kier molecular flexibility index (Phi) is 8.06. The summed E-state index contributed by atoms with van der Waals surface area (Å²) in [4.78, 5) is 23.1. The number of benzene rings is 1. The van der Waals surface area contributed by atoms with Crippen LogP contribution in [0.15, 0.2) is 29.6 Å². The zero-order valence-corrected chi connectivity index (χ0v) is 21.0. The first-order chi connectivity index (χ1) is 17.6. The van der Waals surface area contributed by atoms with Crippen LogP contribution in [0.2, 0.25) is 0 Å². The third kappa shape index (κ3) is 5.44. The minimum atomic E-state index is -1.82. The van der Waals surface area contributed by atoms with Gasteiger partial charge in [-0.15, -0.1) is 0 Å². The molecule has 1 aliphatic rings. The van der Waals surface area contributed by atoms with Gasteiger partial charge in [-0.1, -0.05) is 0 Å². The van der Waals surface area contributed by atoms with Crippen molar-refractivity contribution in [1.82, 2.24) is 15.0 Å². The number of nitrogens with one attached hydrogen (secondary N) is 1. The van der Waals surface area contributed by atoms with E-state index in [0.29, 0.717) is 39.4 Å². The van der Waals surface area contributed by atoms with Gasteiger partial charge in [0.05, 0.1) is 54.1 Å². The molecule has 1 aliphatic heterocycles. The quantitative estimate of drug-likeness (QED) is 0.246. The van der Waals surface area contributed by atoms with E-state index >= 15 is 0 Å². The number of carboxylic acids is 1. The number of rotatable bonds is 9. The molecule has 6 unspecified atom stereocenters. The van der Waals surface area contributed by atoms with Gasteiger partial charge >= 0.3 is 5.97 Å². The van der Waals surface area contributed by atoms with E-state index in [0.717, 1.165) is 0 Å². The molecule has 3 heterocycles. The van der Waals surface area contributed by atoms with Gasteiger partial charge in [0.1, 0.15) is 29.8 Å². The number of aliphatic carboxylic acids is 1. The molecule has 14 heteroatoms. The third-order valence-corrected chi connectivity index (χ3v) is 7.17. The number of ether oxygens (including phenoxy) is 4. The number of imidazole rings is 1. The largest absolute Gasteiger partial charge is 0.497 e. The van der Waals surface area contributed by atoms with Gasteiger partial charge in [0.25, 0.3) is 0 Å². The normalized spacial score (nSPS) is 24.6. The van der Waals surface area contributed by atoms with E-state index < -0.39 is 47.5 Å². The Morgan fingerprint density at radius 3 is 2.59 bits per heavy atom. The first-order valence-corrected chi connectivity index (χ1v) is 12.4. The molecule has 0 radical (unpaired) electrons. The standard InChI is InChI=1S/C23H27N3O10S/c1-10-15(9-37(32)23-25-13-5-4-12(33-2)6-14(13)26-23)24-7-11(19(10)34-3)8-35-22-18(29)16(27)17(28)20(36-22)21(30)31/h4-7,16-18,20,22,27-29H,8-9H2,1-3H3,(H,25,26)(H,30,31). The SMILES string of the molecule is COc1ccc2nc(S(=O)Cc3ncc(COC4OC(C(=O)O)C(O)C(O)C4O)c(OC)c3C)[nH]c2c1. The molecule has 13 nitrogen and oxygen atoms in total. The number of carboxylic acid groups (broad SMARTS) is 1. The van der Waals surface area contributed by atoms with Gasteiger partial charge in [-0.2, -0.15) is 0 Å². The van der Waals surface area contributed by atoms with Gasteiger partial charge in [0, 0.05) is 23.4 Å². The van der Waals surface area contributed by atoms with Crippen molar-refractivity contribution in [1.29, 1.82) is 0 Å². The van der Waals surface area contributed by atoms with E-state index in [1.807, 2.05) is 0 Å². The van der Waals surface area contributed by atoms with Crippen LogP contribution < -0.4 is 9.47 Å². The molecule has 37 heavy (non-hydrogen) atoms. The van der Waals surface area contributed by atoms with E-state index in [1.54, 1.807) is 32.2 Å². The summed E-state index contributed by atoms with van der Waals surface area (Å²) in [6.45, 7) is 1.51. The number of aromatic amines is 1. The highest BCUT2D eigenvalue weighted by Gasteiger charge is 2.47. The van der Waals surface area contributed by atoms with Crippen molar-refractivity contribution in [2.75, 3.05) is 14.2 Å². The Balaban J connectivity index is 1.49. The number of nitrogens with zero attached hydrogens (tertiary/aromatic N) is 2. The highest BCUT2D eigenvalue weighted by atomic mass is 32.2. The lowest BCUT2D eigenvalue weighted by Gasteiger charge is -2.38. The highest BCUT2D eigenvalue weighted by Crippen LogP contribution is 2.29. The van der Waals surface area contributed by atoms with Gasteiger partial charge < -0.3 is 44.4 Å². The number of H-pyrrole nitrogens is 1. The number of hydrogen-bond acceptors (Lipinski definition) is 11. The summed E-state index contributed by atoms with van der Waals surface area (Å²) >= 11 is 0. The number of aliphatic hydroxyl groups is 3. The van der Waals surface area contributed by atoms with Crippen LogP contribution in [0.4, 0.5) is 0 Å². The van der Waals surface area contributed by atoms with Crippen molar-refractivity contribution in [3.63, 3.8) is 0 Å². The molecule has 1 fully saturated rings. The Morgan fingerprint density at radius 1 is 1.16 bits per heavy atom. The predicted octanol–water partition coefficient (Wildman–Crippen LogP) is 0.000120. The second-order valence-electron chi connectivity index (χ2n) is 8.35. The molecule has 1 saturated heterocycles. The maximum atomic E-state index is 13.0. The Hall–Kier alpha value is -3.14. The number of aromatic nitrogens is 3. The minimum absolute atomic E-state index is 0.0507. The summed E-state index contributed by atoms with van der Waals surface area (Å²) in [5.41, 5.74) is 2.86. The summed E-state index contributed by atoms with van der Waals surface area (Å²) in [5.74, 6) is -0.432. The van der Waals surface area contributed by atoms with Crippen LogP contribution in [0.5, 0.6) is 11.5 Å². The molecular formula is C23H27N3O10S. The van der Waals surface area contributed by atoms with Crippen LogP contribution in [0, 0.1) is 6.92 Å². The number of carbonyl (C=O) groups is 1. The van der Waals surface area contributed by atoms with Crippen molar-refractivity contribution >= 4 is 27.8 Å². The molecule has 0 amide bonds. The van der Waals surface area contributed by atoms with E-state index in [9.17, 15) is 29.4 Å². The highest BCUT2D eigenvalue weighted by molar-refractivity contribution is 7.84. The van der Waals surface area contributed by atoms with E-state index in [-0.39, 0.29) is 17.5 Å². The van der Waals surface area contributed by atoms with Crippen LogP contribution in [0.25, 0.3) is 11.0 Å². The van der Waals surface area contributed by atoms with E-state index in [4.69, 9.17) is 18.9 Å². The van der Waals surface area contributed by atoms with Crippen LogP contribution >= 0.6 is 0 Å². The monoisotopic (exact) mass is 537 g/mol. The van der Waals surface area contributed by atoms with Crippen LogP contribution in [0.3, 0.4) is 0 Å². The van der Waals surface area contributed by atoms with Gasteiger partial charge in [0.2, 0.25) is 0 Å². The number of aliphatic hydroxyl groups excluding tert-OH is 3. The molecule has 0 spiro atoms. The summed E-state index contributed by atoms with van der Waals surface area (Å²) in [6.07, 6.45) is -7.14. The summed E-state index contributed by atoms with van der Waals surface area (Å²) in [7, 11) is 1.44. The molecule has 0 bridgehead atoms. The topological polar surface area (TPSA) is 194 Å². The Morgan fingerprint density at radius 2 is 1.92 bits per heavy atom. The summed E-state index contributed by atoms with van der Waals surface area (Å²) in [5, 5.41) is 39.4. The van der Waals surface area contributed by atoms with Crippen LogP contribution in [0.1, 0.15) is 16.8 Å². The van der Waals surface area contributed by atoms with Crippen molar-refractivity contribution in [3.8, 4) is 11.5 Å². The molecule has 5 N–H and O–H groups in total. The van der Waals surface area contributed by atoms with Crippen molar-refractivity contribution in [2.24, 2.45) is 0 Å². The maximum Gasteiger partial charge on any atom is 0.335 e. The molecule has 4 rings (SSSR count). The van der Waals surface area contributed by atoms with E-state index in [2.05, 4.69) is 15.0 Å². The van der Waals surface area contributed by atoms with Gasteiger partial charge in [-0.05, 0) is 19.1 Å². The summed E-state index contributed by atoms with van der Waals surface area (Å²) in [6, 6.07) is 5.28. The Bertz CT molecular complexity index is 1320. The number of methoxy groups -OCH3 is 2. The fraction of sp³-hybridized carbons (Fsp3) is 0.435. The number of fused-ring (bicyclic) bond motifs is 1. The zero-order chi connectivity index (χ0) is 26.9. The lowest BCUT2D eigenvalue weighted by molar-refractivity contribution is -0.297. The van der Waals surface area contributed by atoms with Crippen LogP contribution in [-0.2, 0) is 37.4 Å². The van der Waals surface area contributed by atoms with E-state index in [1.165, 1.54) is 13.3 Å². The van der Waals surface area contributed by atoms with Crippen molar-refractivity contribution in [3.05, 3.63) is 41.2 Å². The molecule has 3 aromatic rings. The average molecular weight is 538 g/mol. The molecule has 2 aromatic heterocycles. The third-order valence-electron chi connectivity index (χ3n) is 6.01. The lowest BCUT2D eigenvalue weighted by atomic mass is 9.99. The van der Waals surface area contributed by atoms with Crippen molar-refractivity contribution in [2.45, 2.75) is 55.1 Å².